The molecule has 3 heteroatoms. The monoisotopic (exact) mass is 832 g/mol. The molecular weight excluding hydrogens is 793 g/mol. The van der Waals surface area contributed by atoms with Crippen molar-refractivity contribution in [2.24, 2.45) is 0 Å². The summed E-state index contributed by atoms with van der Waals surface area (Å²) in [6, 6.07) is 89.5. The van der Waals surface area contributed by atoms with Crippen LogP contribution in [-0.2, 0) is 5.41 Å². The fourth-order valence-electron chi connectivity index (χ4n) is 10.9. The predicted octanol–water partition coefficient (Wildman–Crippen LogP) is 17.0. The van der Waals surface area contributed by atoms with E-state index in [1.54, 1.807) is 0 Å². The molecule has 1 heterocycles. The van der Waals surface area contributed by atoms with Crippen LogP contribution in [0, 0.1) is 0 Å². The third kappa shape index (κ3) is 5.38. The number of benzene rings is 10. The van der Waals surface area contributed by atoms with Gasteiger partial charge < -0.3 is 9.80 Å². The van der Waals surface area contributed by atoms with Crippen molar-refractivity contribution >= 4 is 65.6 Å². The van der Waals surface area contributed by atoms with Crippen LogP contribution in [0.25, 0.3) is 53.6 Å². The molecule has 2 aliphatic rings. The lowest BCUT2D eigenvalue weighted by Gasteiger charge is -2.33. The fourth-order valence-corrected chi connectivity index (χ4v) is 12.1. The molecule has 0 bridgehead atoms. The predicted molar refractivity (Wildman–Crippen MR) is 270 cm³/mol. The van der Waals surface area contributed by atoms with Crippen LogP contribution in [0.1, 0.15) is 22.3 Å². The quantitative estimate of drug-likeness (QED) is 0.158. The Balaban J connectivity index is 1.07. The van der Waals surface area contributed by atoms with E-state index < -0.39 is 5.41 Å². The van der Waals surface area contributed by atoms with Crippen LogP contribution in [0.3, 0.4) is 0 Å². The third-order valence-corrected chi connectivity index (χ3v) is 14.6. The number of thiophene rings is 1. The van der Waals surface area contributed by atoms with Gasteiger partial charge in [-0.1, -0.05) is 176 Å². The minimum atomic E-state index is -0.565. The summed E-state index contributed by atoms with van der Waals surface area (Å²) in [5, 5.41) is 2.58. The SMILES string of the molecule is c1ccc(-c2cccc(N(c3ccccc3)c3cccc4c3-c3ccccc3C43c4ccccc4-c4ccc(N(c5ccccc5)c5cccc6c5sc5ccccc56)cc43)c2)cc1. The lowest BCUT2D eigenvalue weighted by molar-refractivity contribution is 0.793. The van der Waals surface area contributed by atoms with Crippen LogP contribution in [-0.4, -0.2) is 0 Å². The molecule has 0 amide bonds. The Morgan fingerprint density at radius 3 is 1.61 bits per heavy atom. The van der Waals surface area contributed by atoms with E-state index in [1.807, 2.05) is 11.3 Å². The Morgan fingerprint density at radius 1 is 0.312 bits per heavy atom. The summed E-state index contributed by atoms with van der Waals surface area (Å²) in [7, 11) is 0. The van der Waals surface area contributed by atoms with Crippen LogP contribution in [0.4, 0.5) is 34.1 Å². The highest BCUT2D eigenvalue weighted by Crippen LogP contribution is 2.65. The number of anilines is 6. The van der Waals surface area contributed by atoms with Gasteiger partial charge in [0.2, 0.25) is 0 Å². The normalized spacial score (nSPS) is 14.3. The number of fused-ring (bicyclic) bond motifs is 13. The van der Waals surface area contributed by atoms with E-state index in [0.29, 0.717) is 0 Å². The number of hydrogen-bond donors (Lipinski definition) is 0. The average molecular weight is 833 g/mol. The summed E-state index contributed by atoms with van der Waals surface area (Å²) >= 11 is 1.88. The summed E-state index contributed by atoms with van der Waals surface area (Å²) < 4.78 is 2.58. The Labute approximate surface area is 377 Å². The van der Waals surface area contributed by atoms with Crippen LogP contribution >= 0.6 is 11.3 Å². The van der Waals surface area contributed by atoms with E-state index in [4.69, 9.17) is 0 Å². The zero-order chi connectivity index (χ0) is 42.2. The van der Waals surface area contributed by atoms with Crippen LogP contribution in [0.2, 0.25) is 0 Å². The number of hydrogen-bond acceptors (Lipinski definition) is 3. The molecule has 0 N–H and O–H groups in total. The second-order valence-corrected chi connectivity index (χ2v) is 17.8. The molecule has 0 radical (unpaired) electrons. The molecule has 0 saturated carbocycles. The van der Waals surface area contributed by atoms with Gasteiger partial charge >= 0.3 is 0 Å². The Hall–Kier alpha value is -7.98. The maximum Gasteiger partial charge on any atom is 0.0727 e. The highest BCUT2D eigenvalue weighted by atomic mass is 32.1. The standard InChI is InChI=1S/C61H40N2S/c1-4-19-41(20-5-1)42-21-16-26-45(39-42)62(43-22-6-2-7-23-43)56-34-18-33-54-59(56)51-29-11-14-32-53(51)61(54)52-31-13-10-27-47(52)48-38-37-46(40-55(48)61)63(44-24-8-3-9-25-44)57-35-17-30-50-49-28-12-15-36-58(49)64-60(50)57/h1-40H. The zero-order valence-electron chi connectivity index (χ0n) is 34.9. The van der Waals surface area contributed by atoms with Crippen LogP contribution < -0.4 is 9.80 Å². The molecule has 1 atom stereocenters. The maximum atomic E-state index is 2.51. The molecule has 11 aromatic rings. The lowest BCUT2D eigenvalue weighted by atomic mass is 9.70. The van der Waals surface area contributed by atoms with E-state index in [-0.39, 0.29) is 0 Å². The molecule has 0 aliphatic heterocycles. The van der Waals surface area contributed by atoms with Gasteiger partial charge in [0.1, 0.15) is 0 Å². The minimum Gasteiger partial charge on any atom is -0.310 e. The largest absolute Gasteiger partial charge is 0.310 e. The zero-order valence-corrected chi connectivity index (χ0v) is 35.7. The molecule has 10 aromatic carbocycles. The molecule has 64 heavy (non-hydrogen) atoms. The molecule has 1 aromatic heterocycles. The van der Waals surface area contributed by atoms with Gasteiger partial charge in [-0.3, -0.25) is 0 Å². The van der Waals surface area contributed by atoms with Crippen molar-refractivity contribution in [1.82, 2.24) is 0 Å². The minimum absolute atomic E-state index is 0.565. The first-order chi connectivity index (χ1) is 31.8. The molecule has 1 spiro atoms. The van der Waals surface area contributed by atoms with Crippen molar-refractivity contribution in [3.63, 3.8) is 0 Å². The van der Waals surface area contributed by atoms with Crippen molar-refractivity contribution in [2.75, 3.05) is 9.80 Å². The first kappa shape index (κ1) is 36.7. The summed E-state index contributed by atoms with van der Waals surface area (Å²) in [6.07, 6.45) is 0. The van der Waals surface area contributed by atoms with E-state index in [0.717, 1.165) is 28.4 Å². The fraction of sp³-hybridized carbons (Fsp3) is 0.0164. The molecule has 2 aliphatic carbocycles. The van der Waals surface area contributed by atoms with Gasteiger partial charge in [-0.25, -0.2) is 0 Å². The summed E-state index contributed by atoms with van der Waals surface area (Å²) in [6.45, 7) is 0. The third-order valence-electron chi connectivity index (χ3n) is 13.4. The number of para-hydroxylation sites is 2. The van der Waals surface area contributed by atoms with Gasteiger partial charge in [0.05, 0.1) is 21.5 Å². The molecule has 2 nitrogen and oxygen atoms in total. The van der Waals surface area contributed by atoms with E-state index in [9.17, 15) is 0 Å². The molecule has 0 fully saturated rings. The van der Waals surface area contributed by atoms with Crippen molar-refractivity contribution in [3.8, 4) is 33.4 Å². The second-order valence-electron chi connectivity index (χ2n) is 16.8. The van der Waals surface area contributed by atoms with Gasteiger partial charge in [-0.15, -0.1) is 11.3 Å². The van der Waals surface area contributed by atoms with E-state index >= 15 is 0 Å². The molecule has 1 unspecified atom stereocenters. The summed E-state index contributed by atoms with van der Waals surface area (Å²) in [5.74, 6) is 0. The van der Waals surface area contributed by atoms with Crippen molar-refractivity contribution in [2.45, 2.75) is 5.41 Å². The van der Waals surface area contributed by atoms with Crippen molar-refractivity contribution < 1.29 is 0 Å². The number of nitrogens with zero attached hydrogens (tertiary/aromatic N) is 2. The van der Waals surface area contributed by atoms with Gasteiger partial charge in [0.15, 0.2) is 0 Å². The van der Waals surface area contributed by atoms with E-state index in [1.165, 1.54) is 81.5 Å². The van der Waals surface area contributed by atoms with Gasteiger partial charge in [0.25, 0.3) is 0 Å². The van der Waals surface area contributed by atoms with Crippen LogP contribution in [0.15, 0.2) is 243 Å². The smallest absolute Gasteiger partial charge is 0.0727 e. The second kappa shape index (κ2) is 14.6. The lowest BCUT2D eigenvalue weighted by Crippen LogP contribution is -2.26. The first-order valence-electron chi connectivity index (χ1n) is 22.0. The average Bonchev–Trinajstić information content (AvgIpc) is 4.00. The first-order valence-corrected chi connectivity index (χ1v) is 22.8. The molecule has 300 valence electrons. The Kier molecular flexibility index (Phi) is 8.34. The maximum absolute atomic E-state index is 2.51. The Morgan fingerprint density at radius 2 is 0.828 bits per heavy atom. The van der Waals surface area contributed by atoms with Gasteiger partial charge in [-0.05, 0) is 117 Å². The summed E-state index contributed by atoms with van der Waals surface area (Å²) in [4.78, 5) is 4.94. The topological polar surface area (TPSA) is 6.48 Å². The molecule has 0 saturated heterocycles. The summed E-state index contributed by atoms with van der Waals surface area (Å²) in [5.41, 5.74) is 18.9. The number of rotatable bonds is 7. The van der Waals surface area contributed by atoms with Gasteiger partial charge in [-0.2, -0.15) is 0 Å². The highest BCUT2D eigenvalue weighted by molar-refractivity contribution is 7.26. The van der Waals surface area contributed by atoms with Crippen LogP contribution in [0.5, 0.6) is 0 Å². The van der Waals surface area contributed by atoms with Gasteiger partial charge in [0, 0.05) is 43.8 Å². The Bertz CT molecular complexity index is 3580. The molecule has 13 rings (SSSR count). The van der Waals surface area contributed by atoms with Crippen molar-refractivity contribution in [3.05, 3.63) is 265 Å². The molecular formula is C61H40N2S. The highest BCUT2D eigenvalue weighted by Gasteiger charge is 2.52. The van der Waals surface area contributed by atoms with E-state index in [2.05, 4.69) is 252 Å². The van der Waals surface area contributed by atoms with Crippen molar-refractivity contribution in [1.29, 1.82) is 0 Å².